The molecule has 1 aliphatic heterocycles. The molecule has 0 radical (unpaired) electrons. The van der Waals surface area contributed by atoms with Crippen LogP contribution in [0.25, 0.3) is 0 Å². The average Bonchev–Trinajstić information content (AvgIpc) is 2.52. The number of unbranched alkanes of at least 4 members (excludes halogenated alkanes) is 12. The highest BCUT2D eigenvalue weighted by molar-refractivity contribution is 4.55. The van der Waals surface area contributed by atoms with Gasteiger partial charge < -0.3 is 9.85 Å². The quantitative estimate of drug-likeness (QED) is 0.202. The molecule has 0 spiro atoms. The largest absolute Gasteiger partial charge is 0.633 e. The van der Waals surface area contributed by atoms with Gasteiger partial charge >= 0.3 is 0 Å². The zero-order chi connectivity index (χ0) is 15.9. The number of rotatable bonds is 14. The van der Waals surface area contributed by atoms with Crippen LogP contribution < -0.4 is 0 Å². The highest BCUT2D eigenvalue weighted by Crippen LogP contribution is 2.19. The van der Waals surface area contributed by atoms with Gasteiger partial charge in [0.2, 0.25) is 0 Å². The number of hydrogen-bond acceptors (Lipinski definition) is 1. The summed E-state index contributed by atoms with van der Waals surface area (Å²) >= 11 is 0. The van der Waals surface area contributed by atoms with E-state index < -0.39 is 0 Å². The molecule has 1 aliphatic rings. The van der Waals surface area contributed by atoms with Crippen LogP contribution in [0.1, 0.15) is 110 Å². The molecule has 1 rings (SSSR count). The number of quaternary nitrogens is 1. The lowest BCUT2D eigenvalue weighted by atomic mass is 10.0. The summed E-state index contributed by atoms with van der Waals surface area (Å²) in [7, 11) is 0. The van der Waals surface area contributed by atoms with Crippen LogP contribution in [0.2, 0.25) is 0 Å². The van der Waals surface area contributed by atoms with E-state index in [4.69, 9.17) is 0 Å². The van der Waals surface area contributed by atoms with Gasteiger partial charge in [0.15, 0.2) is 0 Å². The Bertz CT molecular complexity index is 236. The molecule has 0 bridgehead atoms. The van der Waals surface area contributed by atoms with Crippen molar-refractivity contribution in [3.05, 3.63) is 5.21 Å². The van der Waals surface area contributed by atoms with E-state index in [1.54, 1.807) is 0 Å². The van der Waals surface area contributed by atoms with Gasteiger partial charge in [0.05, 0.1) is 19.6 Å². The van der Waals surface area contributed by atoms with E-state index in [9.17, 15) is 5.21 Å². The summed E-state index contributed by atoms with van der Waals surface area (Å²) in [4.78, 5) is 0. The van der Waals surface area contributed by atoms with E-state index in [2.05, 4.69) is 6.92 Å². The van der Waals surface area contributed by atoms with Crippen LogP contribution in [-0.2, 0) is 0 Å². The summed E-state index contributed by atoms with van der Waals surface area (Å²) in [5, 5.41) is 12.4. The molecule has 1 heterocycles. The minimum absolute atomic E-state index is 0.123. The predicted molar refractivity (Wildman–Crippen MR) is 97.8 cm³/mol. The minimum Gasteiger partial charge on any atom is -0.633 e. The Morgan fingerprint density at radius 2 is 1.00 bits per heavy atom. The summed E-state index contributed by atoms with van der Waals surface area (Å²) in [5.74, 6) is 0. The Kier molecular flexibility index (Phi) is 12.1. The average molecular weight is 312 g/mol. The zero-order valence-corrected chi connectivity index (χ0v) is 15.3. The first-order valence-electron chi connectivity index (χ1n) is 10.3. The summed E-state index contributed by atoms with van der Waals surface area (Å²) in [6, 6.07) is 0. The van der Waals surface area contributed by atoms with E-state index in [0.717, 1.165) is 38.9 Å². The lowest BCUT2D eigenvalue weighted by molar-refractivity contribution is -0.885. The van der Waals surface area contributed by atoms with Gasteiger partial charge in [-0.15, -0.1) is 0 Å². The third-order valence-electron chi connectivity index (χ3n) is 5.30. The highest BCUT2D eigenvalue weighted by Gasteiger charge is 2.19. The maximum Gasteiger partial charge on any atom is 0.0783 e. The molecule has 1 fully saturated rings. The van der Waals surface area contributed by atoms with Gasteiger partial charge in [-0.3, -0.25) is 0 Å². The first-order chi connectivity index (χ1) is 10.8. The standard InChI is InChI=1S/C20H41NO/c1-2-3-4-5-6-7-8-9-10-11-12-13-15-18-21(22)19-16-14-17-20-21/h2-20H2,1H3. The first kappa shape index (κ1) is 20.0. The molecule has 0 unspecified atom stereocenters. The van der Waals surface area contributed by atoms with Crippen molar-refractivity contribution in [3.63, 3.8) is 0 Å². The Morgan fingerprint density at radius 1 is 0.591 bits per heavy atom. The van der Waals surface area contributed by atoms with Crippen LogP contribution in [0.4, 0.5) is 0 Å². The van der Waals surface area contributed by atoms with Crippen LogP contribution in [0.5, 0.6) is 0 Å². The monoisotopic (exact) mass is 311 g/mol. The molecule has 2 heteroatoms. The van der Waals surface area contributed by atoms with E-state index in [-0.39, 0.29) is 4.65 Å². The number of likely N-dealkylation sites (tertiary alicyclic amines) is 1. The molecular formula is C20H41NO. The number of hydroxylamine groups is 3. The van der Waals surface area contributed by atoms with Gasteiger partial charge in [-0.2, -0.15) is 0 Å². The molecule has 0 aromatic carbocycles. The molecule has 0 aromatic heterocycles. The third kappa shape index (κ3) is 10.6. The van der Waals surface area contributed by atoms with Crippen molar-refractivity contribution < 1.29 is 4.65 Å². The Balaban J connectivity index is 1.76. The molecule has 22 heavy (non-hydrogen) atoms. The second kappa shape index (κ2) is 13.4. The predicted octanol–water partition coefficient (Wildman–Crippen LogP) is 6.58. The van der Waals surface area contributed by atoms with Crippen molar-refractivity contribution in [3.8, 4) is 0 Å². The summed E-state index contributed by atoms with van der Waals surface area (Å²) < 4.78 is 0.123. The number of nitrogens with zero attached hydrogens (tertiary/aromatic N) is 1. The van der Waals surface area contributed by atoms with Gasteiger partial charge in [0.1, 0.15) is 0 Å². The van der Waals surface area contributed by atoms with Crippen molar-refractivity contribution in [2.45, 2.75) is 110 Å². The first-order valence-corrected chi connectivity index (χ1v) is 10.3. The van der Waals surface area contributed by atoms with Crippen LogP contribution in [-0.4, -0.2) is 24.3 Å². The van der Waals surface area contributed by atoms with Crippen molar-refractivity contribution >= 4 is 0 Å². The van der Waals surface area contributed by atoms with E-state index in [1.807, 2.05) is 0 Å². The van der Waals surface area contributed by atoms with Crippen molar-refractivity contribution in [2.75, 3.05) is 19.6 Å². The van der Waals surface area contributed by atoms with E-state index in [1.165, 1.54) is 83.5 Å². The van der Waals surface area contributed by atoms with Crippen LogP contribution >= 0.6 is 0 Å². The van der Waals surface area contributed by atoms with Crippen molar-refractivity contribution in [1.29, 1.82) is 0 Å². The van der Waals surface area contributed by atoms with E-state index >= 15 is 0 Å². The fraction of sp³-hybridized carbons (Fsp3) is 1.00. The summed E-state index contributed by atoms with van der Waals surface area (Å²) in [6.07, 6.45) is 21.6. The lowest BCUT2D eigenvalue weighted by Crippen LogP contribution is -2.46. The highest BCUT2D eigenvalue weighted by atomic mass is 16.5. The summed E-state index contributed by atoms with van der Waals surface area (Å²) in [5.41, 5.74) is 0. The fourth-order valence-corrected chi connectivity index (χ4v) is 3.73. The maximum absolute atomic E-state index is 12.4. The van der Waals surface area contributed by atoms with Gasteiger partial charge in [-0.25, -0.2) is 0 Å². The molecule has 0 aromatic rings. The second-order valence-electron chi connectivity index (χ2n) is 7.53. The minimum atomic E-state index is 0.123. The molecule has 0 aliphatic carbocycles. The fourth-order valence-electron chi connectivity index (χ4n) is 3.73. The van der Waals surface area contributed by atoms with Gasteiger partial charge in [-0.1, -0.05) is 77.6 Å². The van der Waals surface area contributed by atoms with Crippen LogP contribution in [0.3, 0.4) is 0 Å². The molecule has 0 amide bonds. The van der Waals surface area contributed by atoms with Crippen LogP contribution in [0, 0.1) is 5.21 Å². The molecule has 0 N–H and O–H groups in total. The van der Waals surface area contributed by atoms with Crippen molar-refractivity contribution in [2.24, 2.45) is 0 Å². The maximum atomic E-state index is 12.4. The SMILES string of the molecule is CCCCCCCCCCCCCCC[N+]1([O-])CCCCC1. The number of piperidine rings is 1. The smallest absolute Gasteiger partial charge is 0.0783 e. The molecular weight excluding hydrogens is 270 g/mol. The Labute approximate surface area is 139 Å². The molecule has 2 nitrogen and oxygen atoms in total. The van der Waals surface area contributed by atoms with Gasteiger partial charge in [-0.05, 0) is 32.1 Å². The van der Waals surface area contributed by atoms with E-state index in [0.29, 0.717) is 0 Å². The molecule has 132 valence electrons. The van der Waals surface area contributed by atoms with Gasteiger partial charge in [0.25, 0.3) is 0 Å². The van der Waals surface area contributed by atoms with Crippen LogP contribution in [0.15, 0.2) is 0 Å². The Morgan fingerprint density at radius 3 is 1.45 bits per heavy atom. The van der Waals surface area contributed by atoms with Gasteiger partial charge in [0, 0.05) is 0 Å². The zero-order valence-electron chi connectivity index (χ0n) is 15.3. The molecule has 0 saturated carbocycles. The number of hydrogen-bond donors (Lipinski definition) is 0. The summed E-state index contributed by atoms with van der Waals surface area (Å²) in [6.45, 7) is 4.94. The topological polar surface area (TPSA) is 23.1 Å². The second-order valence-corrected chi connectivity index (χ2v) is 7.53. The Hall–Kier alpha value is -0.0800. The molecule has 0 atom stereocenters. The molecule has 1 saturated heterocycles. The van der Waals surface area contributed by atoms with Crippen molar-refractivity contribution in [1.82, 2.24) is 0 Å². The third-order valence-corrected chi connectivity index (χ3v) is 5.30. The normalized spacial score (nSPS) is 17.7. The lowest BCUT2D eigenvalue weighted by Gasteiger charge is -2.45.